The normalized spacial score (nSPS) is 14.0. The lowest BCUT2D eigenvalue weighted by Gasteiger charge is -2.36. The molecule has 0 spiro atoms. The van der Waals surface area contributed by atoms with Crippen LogP contribution in [0.5, 0.6) is 0 Å². The number of likely N-dealkylation sites (tertiary alicyclic amines) is 1. The lowest BCUT2D eigenvalue weighted by Crippen LogP contribution is -2.49. The maximum Gasteiger partial charge on any atom is 0.272 e. The molecule has 0 bridgehead atoms. The minimum absolute atomic E-state index is 0.0243. The van der Waals surface area contributed by atoms with Gasteiger partial charge in [-0.05, 0) is 18.2 Å². The van der Waals surface area contributed by atoms with E-state index in [9.17, 15) is 4.79 Å². The van der Waals surface area contributed by atoms with E-state index >= 15 is 0 Å². The first-order valence-electron chi connectivity index (χ1n) is 9.57. The first-order chi connectivity index (χ1) is 14.6. The number of carbonyl (C=O) groups is 1. The quantitative estimate of drug-likeness (QED) is 0.499. The van der Waals surface area contributed by atoms with Crippen LogP contribution in [0.2, 0.25) is 5.02 Å². The Morgan fingerprint density at radius 1 is 1.07 bits per heavy atom. The van der Waals surface area contributed by atoms with Crippen LogP contribution in [-0.4, -0.2) is 43.8 Å². The fourth-order valence-corrected chi connectivity index (χ4v) is 3.72. The number of aromatic nitrogens is 4. The zero-order chi connectivity index (χ0) is 20.7. The van der Waals surface area contributed by atoms with Gasteiger partial charge in [-0.1, -0.05) is 59.2 Å². The number of nitrogens with zero attached hydrogens (tertiary/aromatic N) is 5. The van der Waals surface area contributed by atoms with E-state index in [-0.39, 0.29) is 11.8 Å². The van der Waals surface area contributed by atoms with Crippen molar-refractivity contribution in [2.75, 3.05) is 13.1 Å². The molecule has 1 fully saturated rings. The van der Waals surface area contributed by atoms with Crippen molar-refractivity contribution in [1.82, 2.24) is 24.8 Å². The average molecular weight is 420 g/mol. The number of hydrogen-bond donors (Lipinski definition) is 0. The molecule has 2 aromatic heterocycles. The SMILES string of the molecule is Cn1nc(-c2ccccc2)cc1C(=O)N1CC(c2nc(-c3cccc(Cl)c3)no2)C1. The molecular weight excluding hydrogens is 402 g/mol. The molecule has 5 rings (SSSR count). The minimum atomic E-state index is -0.0574. The molecule has 0 atom stereocenters. The summed E-state index contributed by atoms with van der Waals surface area (Å²) in [5.41, 5.74) is 3.11. The summed E-state index contributed by atoms with van der Waals surface area (Å²) in [6.07, 6.45) is 0. The summed E-state index contributed by atoms with van der Waals surface area (Å²) in [4.78, 5) is 19.2. The van der Waals surface area contributed by atoms with Crippen LogP contribution in [-0.2, 0) is 7.05 Å². The highest BCUT2D eigenvalue weighted by Crippen LogP contribution is 2.30. The summed E-state index contributed by atoms with van der Waals surface area (Å²) in [5.74, 6) is 0.995. The Labute approximate surface area is 177 Å². The molecule has 0 aliphatic carbocycles. The van der Waals surface area contributed by atoms with Crippen LogP contribution in [0.25, 0.3) is 22.6 Å². The van der Waals surface area contributed by atoms with Crippen molar-refractivity contribution in [2.24, 2.45) is 7.05 Å². The number of rotatable bonds is 4. The van der Waals surface area contributed by atoms with Gasteiger partial charge in [-0.25, -0.2) is 0 Å². The summed E-state index contributed by atoms with van der Waals surface area (Å²) < 4.78 is 7.05. The zero-order valence-corrected chi connectivity index (χ0v) is 17.0. The molecule has 0 saturated carbocycles. The van der Waals surface area contributed by atoms with Crippen LogP contribution < -0.4 is 0 Å². The van der Waals surface area contributed by atoms with E-state index in [1.54, 1.807) is 28.8 Å². The van der Waals surface area contributed by atoms with Crippen LogP contribution in [0.3, 0.4) is 0 Å². The largest absolute Gasteiger partial charge is 0.339 e. The molecular formula is C22H18ClN5O2. The molecule has 1 saturated heterocycles. The fraction of sp³-hybridized carbons (Fsp3) is 0.182. The molecule has 7 nitrogen and oxygen atoms in total. The zero-order valence-electron chi connectivity index (χ0n) is 16.2. The van der Waals surface area contributed by atoms with Crippen LogP contribution in [0.1, 0.15) is 22.3 Å². The average Bonchev–Trinajstić information content (AvgIpc) is 3.35. The van der Waals surface area contributed by atoms with Gasteiger partial charge in [0.05, 0.1) is 11.6 Å². The second kappa shape index (κ2) is 7.42. The van der Waals surface area contributed by atoms with Gasteiger partial charge in [0, 0.05) is 36.3 Å². The molecule has 4 aromatic rings. The number of benzene rings is 2. The Morgan fingerprint density at radius 3 is 2.60 bits per heavy atom. The number of amides is 1. The van der Waals surface area contributed by atoms with Crippen molar-refractivity contribution in [3.8, 4) is 22.6 Å². The Kier molecular flexibility index (Phi) is 4.59. The summed E-state index contributed by atoms with van der Waals surface area (Å²) in [5, 5.41) is 9.14. The minimum Gasteiger partial charge on any atom is -0.339 e. The van der Waals surface area contributed by atoms with Crippen LogP contribution in [0.4, 0.5) is 0 Å². The smallest absolute Gasteiger partial charge is 0.272 e. The van der Waals surface area contributed by atoms with Crippen molar-refractivity contribution in [3.05, 3.63) is 77.3 Å². The third kappa shape index (κ3) is 3.37. The van der Waals surface area contributed by atoms with Gasteiger partial charge in [0.1, 0.15) is 5.69 Å². The molecule has 2 aromatic carbocycles. The van der Waals surface area contributed by atoms with Crippen molar-refractivity contribution < 1.29 is 9.32 Å². The van der Waals surface area contributed by atoms with Gasteiger partial charge in [0.2, 0.25) is 11.7 Å². The predicted molar refractivity (Wildman–Crippen MR) is 112 cm³/mol. The molecule has 150 valence electrons. The summed E-state index contributed by atoms with van der Waals surface area (Å²) >= 11 is 6.03. The summed E-state index contributed by atoms with van der Waals surface area (Å²) in [7, 11) is 1.78. The van der Waals surface area contributed by atoms with E-state index in [2.05, 4.69) is 15.2 Å². The lowest BCUT2D eigenvalue weighted by atomic mass is 9.99. The Morgan fingerprint density at radius 2 is 1.83 bits per heavy atom. The van der Waals surface area contributed by atoms with Crippen LogP contribution in [0.15, 0.2) is 65.2 Å². The third-order valence-corrected chi connectivity index (χ3v) is 5.45. The van der Waals surface area contributed by atoms with E-state index in [1.807, 2.05) is 48.5 Å². The second-order valence-electron chi connectivity index (χ2n) is 7.28. The molecule has 0 unspecified atom stereocenters. The lowest BCUT2D eigenvalue weighted by molar-refractivity contribution is 0.0558. The van der Waals surface area contributed by atoms with E-state index in [1.165, 1.54) is 0 Å². The van der Waals surface area contributed by atoms with E-state index < -0.39 is 0 Å². The molecule has 8 heteroatoms. The van der Waals surface area contributed by atoms with E-state index in [4.69, 9.17) is 16.1 Å². The van der Waals surface area contributed by atoms with Gasteiger partial charge in [0.25, 0.3) is 5.91 Å². The standard InChI is InChI=1S/C22H18ClN5O2/c1-27-19(11-18(25-27)14-6-3-2-4-7-14)22(29)28-12-16(13-28)21-24-20(26-30-21)15-8-5-9-17(23)10-15/h2-11,16H,12-13H2,1H3. The van der Waals surface area contributed by atoms with Gasteiger partial charge in [-0.2, -0.15) is 10.1 Å². The van der Waals surface area contributed by atoms with Crippen LogP contribution >= 0.6 is 11.6 Å². The van der Waals surface area contributed by atoms with Gasteiger partial charge in [0.15, 0.2) is 0 Å². The topological polar surface area (TPSA) is 77.1 Å². The van der Waals surface area contributed by atoms with Crippen molar-refractivity contribution in [3.63, 3.8) is 0 Å². The van der Waals surface area contributed by atoms with Gasteiger partial charge < -0.3 is 9.42 Å². The van der Waals surface area contributed by atoms with Crippen LogP contribution in [0, 0.1) is 0 Å². The first kappa shape index (κ1) is 18.6. The highest BCUT2D eigenvalue weighted by atomic mass is 35.5. The molecule has 1 amide bonds. The van der Waals surface area contributed by atoms with Crippen molar-refractivity contribution >= 4 is 17.5 Å². The van der Waals surface area contributed by atoms with Gasteiger partial charge in [-0.15, -0.1) is 0 Å². The highest BCUT2D eigenvalue weighted by molar-refractivity contribution is 6.30. The van der Waals surface area contributed by atoms with Crippen molar-refractivity contribution in [1.29, 1.82) is 0 Å². The molecule has 0 radical (unpaired) electrons. The first-order valence-corrected chi connectivity index (χ1v) is 9.94. The maximum atomic E-state index is 12.9. The molecule has 1 aliphatic rings. The maximum absolute atomic E-state index is 12.9. The van der Waals surface area contributed by atoms with Crippen molar-refractivity contribution in [2.45, 2.75) is 5.92 Å². The number of halogens is 1. The third-order valence-electron chi connectivity index (χ3n) is 5.21. The molecule has 30 heavy (non-hydrogen) atoms. The number of hydrogen-bond acceptors (Lipinski definition) is 5. The van der Waals surface area contributed by atoms with E-state index in [0.29, 0.717) is 35.5 Å². The molecule has 0 N–H and O–H groups in total. The Hall–Kier alpha value is -3.45. The number of carbonyl (C=O) groups excluding carboxylic acids is 1. The highest BCUT2D eigenvalue weighted by Gasteiger charge is 2.37. The molecule has 3 heterocycles. The Balaban J connectivity index is 1.27. The number of aryl methyl sites for hydroxylation is 1. The van der Waals surface area contributed by atoms with Gasteiger partial charge in [-0.3, -0.25) is 9.48 Å². The van der Waals surface area contributed by atoms with Gasteiger partial charge >= 0.3 is 0 Å². The molecule has 1 aliphatic heterocycles. The predicted octanol–water partition coefficient (Wildman–Crippen LogP) is 4.03. The van der Waals surface area contributed by atoms with E-state index in [0.717, 1.165) is 16.8 Å². The monoisotopic (exact) mass is 419 g/mol. The summed E-state index contributed by atoms with van der Waals surface area (Å²) in [6.45, 7) is 1.06. The summed E-state index contributed by atoms with van der Waals surface area (Å²) in [6, 6.07) is 18.9. The fourth-order valence-electron chi connectivity index (χ4n) is 3.53. The Bertz CT molecular complexity index is 1210. The second-order valence-corrected chi connectivity index (χ2v) is 7.71.